The van der Waals surface area contributed by atoms with E-state index in [1.165, 1.54) is 0 Å². The van der Waals surface area contributed by atoms with Gasteiger partial charge in [-0.15, -0.1) is 0 Å². The molecule has 1 heterocycles. The molecule has 0 aliphatic carbocycles. The number of nitrogens with one attached hydrogen (secondary N) is 2. The maximum Gasteiger partial charge on any atom is 0.315 e. The molecule has 2 rings (SSSR count). The van der Waals surface area contributed by atoms with Crippen LogP contribution in [0, 0.1) is 0 Å². The van der Waals surface area contributed by atoms with E-state index in [2.05, 4.69) is 15.6 Å². The number of hydrogen-bond donors (Lipinski definition) is 3. The van der Waals surface area contributed by atoms with Crippen molar-refractivity contribution in [3.63, 3.8) is 0 Å². The SMILES string of the molecule is CN(C(=O)c1ccncc1)c1ccc(CNC(=O)NCCCC(=O)O)cc1. The normalized spacial score (nSPS) is 10.1. The minimum absolute atomic E-state index is 0.0213. The molecule has 0 unspecified atom stereocenters. The standard InChI is InChI=1S/C19H22N4O4/c1-23(18(26)15-8-11-20-12-9-15)16-6-4-14(5-7-16)13-22-19(27)21-10-2-3-17(24)25/h4-9,11-12H,2-3,10,13H2,1H3,(H,24,25)(H2,21,22,27). The molecule has 0 aliphatic heterocycles. The summed E-state index contributed by atoms with van der Waals surface area (Å²) in [5.74, 6) is -1.02. The first-order chi connectivity index (χ1) is 13.0. The van der Waals surface area contributed by atoms with E-state index in [4.69, 9.17) is 5.11 Å². The zero-order valence-corrected chi connectivity index (χ0v) is 15.0. The summed E-state index contributed by atoms with van der Waals surface area (Å²) in [5, 5.41) is 13.8. The van der Waals surface area contributed by atoms with Gasteiger partial charge in [0.2, 0.25) is 0 Å². The van der Waals surface area contributed by atoms with Crippen LogP contribution in [0.15, 0.2) is 48.8 Å². The topological polar surface area (TPSA) is 112 Å². The van der Waals surface area contributed by atoms with Crippen LogP contribution in [0.25, 0.3) is 0 Å². The van der Waals surface area contributed by atoms with Gasteiger partial charge in [-0.25, -0.2) is 4.79 Å². The van der Waals surface area contributed by atoms with Crippen LogP contribution in [0.3, 0.4) is 0 Å². The number of carbonyl (C=O) groups is 3. The molecule has 1 aromatic heterocycles. The van der Waals surface area contributed by atoms with E-state index >= 15 is 0 Å². The third-order valence-corrected chi connectivity index (χ3v) is 3.86. The van der Waals surface area contributed by atoms with Crippen molar-refractivity contribution in [2.75, 3.05) is 18.5 Å². The molecule has 0 saturated heterocycles. The Morgan fingerprint density at radius 1 is 1.04 bits per heavy atom. The van der Waals surface area contributed by atoms with Gasteiger partial charge >= 0.3 is 12.0 Å². The smallest absolute Gasteiger partial charge is 0.315 e. The molecule has 2 aromatic rings. The van der Waals surface area contributed by atoms with Crippen LogP contribution in [-0.2, 0) is 11.3 Å². The van der Waals surface area contributed by atoms with Crippen LogP contribution in [0.2, 0.25) is 0 Å². The molecule has 142 valence electrons. The molecular weight excluding hydrogens is 348 g/mol. The monoisotopic (exact) mass is 370 g/mol. The van der Waals surface area contributed by atoms with E-state index in [0.29, 0.717) is 25.1 Å². The fraction of sp³-hybridized carbons (Fsp3) is 0.263. The lowest BCUT2D eigenvalue weighted by Gasteiger charge is -2.17. The van der Waals surface area contributed by atoms with E-state index in [-0.39, 0.29) is 18.4 Å². The van der Waals surface area contributed by atoms with Crippen molar-refractivity contribution in [1.29, 1.82) is 0 Å². The van der Waals surface area contributed by atoms with Crippen molar-refractivity contribution in [1.82, 2.24) is 15.6 Å². The molecule has 0 aliphatic rings. The number of aliphatic carboxylic acids is 1. The van der Waals surface area contributed by atoms with Crippen LogP contribution in [-0.4, -0.2) is 41.6 Å². The Hall–Kier alpha value is -3.42. The second-order valence-electron chi connectivity index (χ2n) is 5.87. The predicted molar refractivity (Wildman–Crippen MR) is 101 cm³/mol. The molecule has 0 fully saturated rings. The maximum atomic E-state index is 12.4. The van der Waals surface area contributed by atoms with Crippen LogP contribution >= 0.6 is 0 Å². The van der Waals surface area contributed by atoms with Gasteiger partial charge < -0.3 is 20.6 Å². The number of carbonyl (C=O) groups excluding carboxylic acids is 2. The van der Waals surface area contributed by atoms with E-state index in [1.807, 2.05) is 12.1 Å². The predicted octanol–water partition coefficient (Wildman–Crippen LogP) is 2.02. The zero-order chi connectivity index (χ0) is 19.6. The maximum absolute atomic E-state index is 12.4. The van der Waals surface area contributed by atoms with E-state index < -0.39 is 5.97 Å². The number of amides is 3. The summed E-state index contributed by atoms with van der Waals surface area (Å²) in [7, 11) is 1.70. The van der Waals surface area contributed by atoms with E-state index in [9.17, 15) is 14.4 Å². The lowest BCUT2D eigenvalue weighted by Crippen LogP contribution is -2.35. The highest BCUT2D eigenvalue weighted by Gasteiger charge is 2.13. The molecule has 8 heteroatoms. The molecule has 0 spiro atoms. The average Bonchev–Trinajstić information content (AvgIpc) is 2.69. The number of carboxylic acids is 1. The second kappa shape index (κ2) is 9.91. The quantitative estimate of drug-likeness (QED) is 0.616. The van der Waals surface area contributed by atoms with Gasteiger partial charge in [-0.1, -0.05) is 12.1 Å². The number of carboxylic acid groups (broad SMARTS) is 1. The highest BCUT2D eigenvalue weighted by Crippen LogP contribution is 2.16. The van der Waals surface area contributed by atoms with Crippen molar-refractivity contribution in [3.05, 3.63) is 59.9 Å². The Morgan fingerprint density at radius 2 is 1.70 bits per heavy atom. The molecule has 3 N–H and O–H groups in total. The zero-order valence-electron chi connectivity index (χ0n) is 15.0. The first-order valence-corrected chi connectivity index (χ1v) is 8.48. The Bertz CT molecular complexity index is 778. The van der Waals surface area contributed by atoms with Gasteiger partial charge in [-0.2, -0.15) is 0 Å². The van der Waals surface area contributed by atoms with E-state index in [0.717, 1.165) is 11.3 Å². The molecule has 0 bridgehead atoms. The Balaban J connectivity index is 1.81. The van der Waals surface area contributed by atoms with E-state index in [1.54, 1.807) is 48.6 Å². The number of nitrogens with zero attached hydrogens (tertiary/aromatic N) is 2. The number of hydrogen-bond acceptors (Lipinski definition) is 4. The summed E-state index contributed by atoms with van der Waals surface area (Å²) in [6.45, 7) is 0.631. The minimum atomic E-state index is -0.885. The summed E-state index contributed by atoms with van der Waals surface area (Å²) in [6.07, 6.45) is 3.55. The molecule has 27 heavy (non-hydrogen) atoms. The van der Waals surface area contributed by atoms with Crippen LogP contribution < -0.4 is 15.5 Å². The van der Waals surface area contributed by atoms with Gasteiger partial charge in [0, 0.05) is 50.2 Å². The molecule has 0 saturated carbocycles. The lowest BCUT2D eigenvalue weighted by molar-refractivity contribution is -0.137. The summed E-state index contributed by atoms with van der Waals surface area (Å²) < 4.78 is 0. The van der Waals surface area contributed by atoms with Gasteiger partial charge in [-0.05, 0) is 36.2 Å². The van der Waals surface area contributed by atoms with Crippen molar-refractivity contribution in [2.24, 2.45) is 0 Å². The highest BCUT2D eigenvalue weighted by molar-refractivity contribution is 6.05. The van der Waals surface area contributed by atoms with Crippen molar-refractivity contribution < 1.29 is 19.5 Å². The number of rotatable bonds is 8. The Labute approximate surface area is 157 Å². The Morgan fingerprint density at radius 3 is 2.33 bits per heavy atom. The van der Waals surface area contributed by atoms with Crippen LogP contribution in [0.1, 0.15) is 28.8 Å². The summed E-state index contributed by atoms with van der Waals surface area (Å²) in [6, 6.07) is 10.2. The fourth-order valence-electron chi connectivity index (χ4n) is 2.33. The molecule has 0 radical (unpaired) electrons. The largest absolute Gasteiger partial charge is 0.481 e. The van der Waals surface area contributed by atoms with Crippen molar-refractivity contribution >= 4 is 23.6 Å². The van der Waals surface area contributed by atoms with Crippen LogP contribution in [0.4, 0.5) is 10.5 Å². The first-order valence-electron chi connectivity index (χ1n) is 8.48. The number of pyridine rings is 1. The molecule has 0 atom stereocenters. The second-order valence-corrected chi connectivity index (χ2v) is 5.87. The summed E-state index contributed by atoms with van der Waals surface area (Å²) in [5.41, 5.74) is 2.17. The summed E-state index contributed by atoms with van der Waals surface area (Å²) in [4.78, 5) is 39.9. The van der Waals surface area contributed by atoms with Crippen LogP contribution in [0.5, 0.6) is 0 Å². The van der Waals surface area contributed by atoms with Crippen molar-refractivity contribution in [3.8, 4) is 0 Å². The molecule has 3 amide bonds. The number of urea groups is 1. The average molecular weight is 370 g/mol. The molecule has 1 aromatic carbocycles. The van der Waals surface area contributed by atoms with Gasteiger partial charge in [0.15, 0.2) is 0 Å². The highest BCUT2D eigenvalue weighted by atomic mass is 16.4. The van der Waals surface area contributed by atoms with Gasteiger partial charge in [-0.3, -0.25) is 14.6 Å². The van der Waals surface area contributed by atoms with Gasteiger partial charge in [0.05, 0.1) is 0 Å². The molecule has 8 nitrogen and oxygen atoms in total. The lowest BCUT2D eigenvalue weighted by atomic mass is 10.1. The van der Waals surface area contributed by atoms with Crippen molar-refractivity contribution in [2.45, 2.75) is 19.4 Å². The Kier molecular flexibility index (Phi) is 7.30. The van der Waals surface area contributed by atoms with Gasteiger partial charge in [0.1, 0.15) is 0 Å². The number of aromatic nitrogens is 1. The third kappa shape index (κ3) is 6.43. The first kappa shape index (κ1) is 19.9. The van der Waals surface area contributed by atoms with Gasteiger partial charge in [0.25, 0.3) is 5.91 Å². The molecular formula is C19H22N4O4. The summed E-state index contributed by atoms with van der Waals surface area (Å²) >= 11 is 0. The number of benzene rings is 1. The fourth-order valence-corrected chi connectivity index (χ4v) is 2.33. The minimum Gasteiger partial charge on any atom is -0.481 e. The number of anilines is 1. The third-order valence-electron chi connectivity index (χ3n) is 3.86.